The maximum atomic E-state index is 15.1. The van der Waals surface area contributed by atoms with Crippen LogP contribution in [-0.2, 0) is 11.2 Å². The van der Waals surface area contributed by atoms with Gasteiger partial charge in [-0.3, -0.25) is 9.88 Å². The van der Waals surface area contributed by atoms with Gasteiger partial charge in [0.15, 0.2) is 0 Å². The lowest BCUT2D eigenvalue weighted by molar-refractivity contribution is 0.107. The highest BCUT2D eigenvalue weighted by atomic mass is 19.1. The fraction of sp³-hybridized carbons (Fsp3) is 0.457. The molecule has 3 aliphatic heterocycles. The molecule has 5 atom stereocenters. The molecule has 46 heavy (non-hydrogen) atoms. The number of hydrogen-bond acceptors (Lipinski definition) is 8. The Morgan fingerprint density at radius 3 is 2.87 bits per heavy atom. The first-order valence-corrected chi connectivity index (χ1v) is 15.8. The minimum absolute atomic E-state index is 0.00602. The van der Waals surface area contributed by atoms with Crippen molar-refractivity contribution in [1.82, 2.24) is 19.9 Å². The smallest absolute Gasteiger partial charge is 0.319 e. The topological polar surface area (TPSA) is 89.6 Å². The monoisotopic (exact) mass is 630 g/mol. The van der Waals surface area contributed by atoms with Gasteiger partial charge >= 0.3 is 6.01 Å². The van der Waals surface area contributed by atoms with Crippen molar-refractivity contribution in [2.75, 3.05) is 50.0 Å². The van der Waals surface area contributed by atoms with Gasteiger partial charge in [-0.25, -0.2) is 13.2 Å². The third kappa shape index (κ3) is 4.48. The number of aromatic nitrogens is 3. The number of nitrogens with two attached hydrogens (primary N) is 1. The van der Waals surface area contributed by atoms with E-state index in [9.17, 15) is 8.78 Å². The zero-order valence-corrected chi connectivity index (χ0v) is 25.4. The second kappa shape index (κ2) is 11.0. The Labute approximate surface area is 267 Å². The summed E-state index contributed by atoms with van der Waals surface area (Å²) in [6.45, 7) is 1.32. The molecule has 4 aromatic rings. The van der Waals surface area contributed by atoms with E-state index in [2.05, 4.69) is 5.92 Å². The maximum Gasteiger partial charge on any atom is 0.319 e. The molecule has 0 bridgehead atoms. The van der Waals surface area contributed by atoms with Crippen LogP contribution in [0.5, 0.6) is 6.01 Å². The van der Waals surface area contributed by atoms with E-state index in [-0.39, 0.29) is 30.5 Å². The van der Waals surface area contributed by atoms with Crippen molar-refractivity contribution in [1.29, 1.82) is 0 Å². The average molecular weight is 631 g/mol. The maximum absolute atomic E-state index is 15.1. The number of pyridine rings is 1. The Hall–Kier alpha value is -4.14. The molecule has 8 nitrogen and oxygen atoms in total. The van der Waals surface area contributed by atoms with Crippen LogP contribution in [0, 0.1) is 24.1 Å². The van der Waals surface area contributed by atoms with Gasteiger partial charge < -0.3 is 20.1 Å². The fourth-order valence-corrected chi connectivity index (χ4v) is 7.81. The van der Waals surface area contributed by atoms with E-state index < -0.39 is 36.3 Å². The van der Waals surface area contributed by atoms with Crippen LogP contribution in [0.1, 0.15) is 40.1 Å². The minimum atomic E-state index is -2.33. The van der Waals surface area contributed by atoms with E-state index in [4.69, 9.17) is 39.3 Å². The summed E-state index contributed by atoms with van der Waals surface area (Å²) in [5.41, 5.74) is 8.05. The van der Waals surface area contributed by atoms with Crippen LogP contribution in [0.25, 0.3) is 32.9 Å². The summed E-state index contributed by atoms with van der Waals surface area (Å²) in [7, 11) is 0. The largest absolute Gasteiger partial charge is 0.461 e. The van der Waals surface area contributed by atoms with Crippen LogP contribution in [0.2, 0.25) is 0 Å². The Morgan fingerprint density at radius 2 is 2.04 bits per heavy atom. The first-order valence-electron chi connectivity index (χ1n) is 16.8. The molecule has 3 saturated heterocycles. The number of nitrogens with zero attached hydrogens (tertiary/aromatic N) is 5. The standard InChI is InChI=1S/C35H35F3N6O2/c1-3-20-22-7-9-27(39)28(23(22)6-8-26(20)37)31-21(4-2)30-24(15-40-31)33(44-12-13-45-17-25-29(38)32(25)44)42-34(41-30)46-18-35-10-5-11-43(35)16-19(36)14-35/h1,6-9,15,19,25,29,32H,4-5,10-14,16-18,39H2,2H3/t19-,25+,29+,32+,35+/m1/s1/i18D2. The van der Waals surface area contributed by atoms with Gasteiger partial charge in [0.2, 0.25) is 0 Å². The number of anilines is 2. The third-order valence-electron chi connectivity index (χ3n) is 10.1. The van der Waals surface area contributed by atoms with Crippen molar-refractivity contribution in [2.24, 2.45) is 5.92 Å². The number of terminal acetylenes is 1. The molecular formula is C35H35F3N6O2. The minimum Gasteiger partial charge on any atom is -0.461 e. The Bertz CT molecular complexity index is 2010. The summed E-state index contributed by atoms with van der Waals surface area (Å²) in [6.07, 6.45) is 6.60. The van der Waals surface area contributed by atoms with Gasteiger partial charge in [-0.05, 0) is 43.3 Å². The van der Waals surface area contributed by atoms with E-state index in [0.717, 1.165) is 6.42 Å². The summed E-state index contributed by atoms with van der Waals surface area (Å²) >= 11 is 0. The lowest BCUT2D eigenvalue weighted by Gasteiger charge is -2.31. The predicted octanol–water partition coefficient (Wildman–Crippen LogP) is 5.24. The number of hydrogen-bond donors (Lipinski definition) is 1. The zero-order chi connectivity index (χ0) is 33.5. The molecule has 4 fully saturated rings. The van der Waals surface area contributed by atoms with E-state index in [1.165, 1.54) is 6.07 Å². The van der Waals surface area contributed by atoms with E-state index in [0.29, 0.717) is 89.1 Å². The predicted molar refractivity (Wildman–Crippen MR) is 171 cm³/mol. The highest BCUT2D eigenvalue weighted by molar-refractivity contribution is 6.06. The second-order valence-corrected chi connectivity index (χ2v) is 12.7. The lowest BCUT2D eigenvalue weighted by Crippen LogP contribution is -2.43. The third-order valence-corrected chi connectivity index (χ3v) is 10.1. The number of ether oxygens (including phenoxy) is 2. The zero-order valence-electron chi connectivity index (χ0n) is 27.4. The van der Waals surface area contributed by atoms with Gasteiger partial charge in [-0.1, -0.05) is 25.0 Å². The van der Waals surface area contributed by atoms with Gasteiger partial charge in [0.25, 0.3) is 0 Å². The molecule has 8 rings (SSSR count). The molecule has 2 N–H and O–H groups in total. The summed E-state index contributed by atoms with van der Waals surface area (Å²) < 4.78 is 74.6. The van der Waals surface area contributed by atoms with Crippen molar-refractivity contribution >= 4 is 33.2 Å². The van der Waals surface area contributed by atoms with E-state index in [1.54, 1.807) is 24.4 Å². The van der Waals surface area contributed by atoms with Gasteiger partial charge in [-0.15, -0.1) is 6.42 Å². The van der Waals surface area contributed by atoms with E-state index in [1.807, 2.05) is 16.7 Å². The molecule has 11 heteroatoms. The molecule has 1 aliphatic carbocycles. The molecule has 2 aromatic heterocycles. The number of fused-ring (bicyclic) bond motifs is 4. The van der Waals surface area contributed by atoms with Crippen LogP contribution in [0.4, 0.5) is 24.7 Å². The van der Waals surface area contributed by atoms with Crippen LogP contribution in [-0.4, -0.2) is 83.2 Å². The normalized spacial score (nSPS) is 28.4. The molecule has 5 heterocycles. The van der Waals surface area contributed by atoms with Gasteiger partial charge in [0.1, 0.15) is 30.5 Å². The summed E-state index contributed by atoms with van der Waals surface area (Å²) in [5, 5.41) is 1.65. The van der Waals surface area contributed by atoms with Crippen molar-refractivity contribution in [3.05, 3.63) is 47.4 Å². The average Bonchev–Trinajstić information content (AvgIpc) is 3.42. The molecule has 0 amide bonds. The van der Waals surface area contributed by atoms with Gasteiger partial charge in [0.05, 0.1) is 49.7 Å². The number of rotatable bonds is 6. The lowest BCUT2D eigenvalue weighted by atomic mass is 9.93. The quantitative estimate of drug-likeness (QED) is 0.229. The molecule has 238 valence electrons. The first-order chi connectivity index (χ1) is 23.1. The Balaban J connectivity index is 1.34. The molecule has 0 spiro atoms. The van der Waals surface area contributed by atoms with Crippen molar-refractivity contribution in [3.8, 4) is 29.6 Å². The number of benzene rings is 2. The summed E-state index contributed by atoms with van der Waals surface area (Å²) in [5.74, 6) is 1.96. The first kappa shape index (κ1) is 27.0. The number of halogens is 3. The van der Waals surface area contributed by atoms with Crippen molar-refractivity contribution in [2.45, 2.75) is 56.5 Å². The summed E-state index contributed by atoms with van der Waals surface area (Å²) in [4.78, 5) is 18.1. The SMILES string of the molecule is [2H]C([2H])(Oc1nc(N2CCOC[C@H]3[C@H](F)[C@H]32)c2cnc(-c3c(N)ccc4c(C#C)c(F)ccc34)c(CC)c2n1)[C@@]12CCCN1C[C@H](F)C2. The number of nitrogen functional groups attached to an aromatic ring is 1. The molecule has 2 aromatic carbocycles. The highest BCUT2D eigenvalue weighted by Crippen LogP contribution is 2.46. The molecular weight excluding hydrogens is 593 g/mol. The number of alkyl halides is 2. The second-order valence-electron chi connectivity index (χ2n) is 12.7. The fourth-order valence-electron chi connectivity index (χ4n) is 7.81. The Kier molecular flexibility index (Phi) is 6.45. The Morgan fingerprint density at radius 1 is 1.20 bits per heavy atom. The summed E-state index contributed by atoms with van der Waals surface area (Å²) in [6, 6.07) is 5.56. The van der Waals surface area contributed by atoms with E-state index >= 15 is 4.39 Å². The van der Waals surface area contributed by atoms with Crippen LogP contribution >= 0.6 is 0 Å². The molecule has 0 radical (unpaired) electrons. The van der Waals surface area contributed by atoms with Crippen LogP contribution < -0.4 is 15.4 Å². The highest BCUT2D eigenvalue weighted by Gasteiger charge is 2.56. The molecule has 4 aliphatic rings. The molecule has 0 unspecified atom stereocenters. The number of aryl methyl sites for hydroxylation is 1. The van der Waals surface area contributed by atoms with Crippen molar-refractivity contribution < 1.29 is 25.4 Å². The van der Waals surface area contributed by atoms with Crippen LogP contribution in [0.3, 0.4) is 0 Å². The van der Waals surface area contributed by atoms with Gasteiger partial charge in [0, 0.05) is 53.8 Å². The molecule has 1 saturated carbocycles. The van der Waals surface area contributed by atoms with Gasteiger partial charge in [-0.2, -0.15) is 9.97 Å². The van der Waals surface area contributed by atoms with Crippen LogP contribution in [0.15, 0.2) is 30.5 Å². The van der Waals surface area contributed by atoms with Crippen molar-refractivity contribution in [3.63, 3.8) is 0 Å².